The third kappa shape index (κ3) is 8.06. The molecule has 0 spiro atoms. The first-order valence-corrected chi connectivity index (χ1v) is 11.6. The highest BCUT2D eigenvalue weighted by Gasteiger charge is 2.28. The molecule has 186 valence electrons. The van der Waals surface area contributed by atoms with Crippen molar-refractivity contribution in [3.8, 4) is 0 Å². The van der Waals surface area contributed by atoms with Gasteiger partial charge >= 0.3 is 0 Å². The van der Waals surface area contributed by atoms with Gasteiger partial charge in [0.1, 0.15) is 5.82 Å². The number of halogens is 2. The zero-order chi connectivity index (χ0) is 23.1. The number of piperidine rings is 1. The lowest BCUT2D eigenvalue weighted by molar-refractivity contribution is -0.135. The Morgan fingerprint density at radius 1 is 1.15 bits per heavy atom. The average molecular weight is 576 g/mol. The zero-order valence-corrected chi connectivity index (χ0v) is 22.7. The normalized spacial score (nSPS) is 22.2. The number of guanidine groups is 1. The summed E-state index contributed by atoms with van der Waals surface area (Å²) in [5, 5.41) is 3.38. The molecule has 2 aliphatic heterocycles. The minimum Gasteiger partial charge on any atom is -0.380 e. The molecule has 0 saturated carbocycles. The molecular formula is C24H39FIN5O2. The van der Waals surface area contributed by atoms with E-state index in [9.17, 15) is 9.18 Å². The number of rotatable bonds is 6. The molecule has 0 bridgehead atoms. The molecule has 2 heterocycles. The van der Waals surface area contributed by atoms with E-state index in [1.807, 2.05) is 11.0 Å². The standard InChI is InChI=1S/C24H38FN5O2.HI/c1-18-11-19(2)15-30(14-18)23(31)16-28-7-9-29(10-8-28)24(26-3)27-13-20-5-6-22(25)21(12-20)17-32-4;/h5-6,12,18-19H,7-11,13-17H2,1-4H3,(H,26,27);1H. The molecule has 7 nitrogen and oxygen atoms in total. The predicted molar refractivity (Wildman–Crippen MR) is 140 cm³/mol. The van der Waals surface area contributed by atoms with E-state index in [1.165, 1.54) is 12.5 Å². The molecule has 2 saturated heterocycles. The second kappa shape index (κ2) is 13.4. The summed E-state index contributed by atoms with van der Waals surface area (Å²) in [5.41, 5.74) is 1.53. The van der Waals surface area contributed by atoms with E-state index in [0.717, 1.165) is 50.8 Å². The summed E-state index contributed by atoms with van der Waals surface area (Å²) in [6.07, 6.45) is 1.21. The van der Waals surface area contributed by atoms with E-state index in [-0.39, 0.29) is 42.3 Å². The van der Waals surface area contributed by atoms with Gasteiger partial charge in [-0.3, -0.25) is 14.7 Å². The summed E-state index contributed by atoms with van der Waals surface area (Å²) >= 11 is 0. The lowest BCUT2D eigenvalue weighted by atomic mass is 9.92. The van der Waals surface area contributed by atoms with Crippen LogP contribution in [0.15, 0.2) is 23.2 Å². The van der Waals surface area contributed by atoms with Crippen molar-refractivity contribution in [2.75, 3.05) is 60.0 Å². The number of nitrogens with zero attached hydrogens (tertiary/aromatic N) is 4. The van der Waals surface area contributed by atoms with E-state index in [1.54, 1.807) is 20.2 Å². The molecule has 9 heteroatoms. The summed E-state index contributed by atoms with van der Waals surface area (Å²) in [4.78, 5) is 23.7. The Morgan fingerprint density at radius 3 is 2.42 bits per heavy atom. The largest absolute Gasteiger partial charge is 0.380 e. The van der Waals surface area contributed by atoms with Gasteiger partial charge in [-0.15, -0.1) is 24.0 Å². The van der Waals surface area contributed by atoms with E-state index < -0.39 is 0 Å². The van der Waals surface area contributed by atoms with Crippen molar-refractivity contribution >= 4 is 35.8 Å². The Kier molecular flexibility index (Phi) is 11.3. The molecule has 2 atom stereocenters. The van der Waals surface area contributed by atoms with Crippen LogP contribution in [0.2, 0.25) is 0 Å². The number of amides is 1. The molecule has 1 aromatic rings. The van der Waals surface area contributed by atoms with Gasteiger partial charge < -0.3 is 19.9 Å². The van der Waals surface area contributed by atoms with E-state index in [2.05, 4.69) is 34.0 Å². The number of piperazine rings is 1. The second-order valence-corrected chi connectivity index (χ2v) is 9.27. The van der Waals surface area contributed by atoms with Gasteiger partial charge in [0.15, 0.2) is 5.96 Å². The number of carbonyl (C=O) groups excluding carboxylic acids is 1. The molecular weight excluding hydrogens is 536 g/mol. The van der Waals surface area contributed by atoms with Crippen molar-refractivity contribution in [2.45, 2.75) is 33.4 Å². The fraction of sp³-hybridized carbons (Fsp3) is 0.667. The first kappa shape index (κ1) is 27.8. The van der Waals surface area contributed by atoms with Crippen LogP contribution in [0.1, 0.15) is 31.4 Å². The zero-order valence-electron chi connectivity index (χ0n) is 20.3. The van der Waals surface area contributed by atoms with Gasteiger partial charge in [0.05, 0.1) is 13.2 Å². The summed E-state index contributed by atoms with van der Waals surface area (Å²) in [6, 6.07) is 5.08. The minimum absolute atomic E-state index is 0. The molecule has 1 amide bonds. The van der Waals surface area contributed by atoms with Crippen LogP contribution in [0.4, 0.5) is 4.39 Å². The van der Waals surface area contributed by atoms with Gasteiger partial charge in [0.25, 0.3) is 0 Å². The van der Waals surface area contributed by atoms with Gasteiger partial charge in [-0.2, -0.15) is 0 Å². The maximum atomic E-state index is 13.8. The van der Waals surface area contributed by atoms with Gasteiger partial charge in [-0.25, -0.2) is 4.39 Å². The Balaban J connectivity index is 0.00000385. The summed E-state index contributed by atoms with van der Waals surface area (Å²) < 4.78 is 18.9. The van der Waals surface area contributed by atoms with Crippen LogP contribution in [0.25, 0.3) is 0 Å². The number of benzene rings is 1. The summed E-state index contributed by atoms with van der Waals surface area (Å²) in [6.45, 7) is 10.9. The monoisotopic (exact) mass is 575 g/mol. The van der Waals surface area contributed by atoms with Crippen LogP contribution in [0.3, 0.4) is 0 Å². The van der Waals surface area contributed by atoms with Crippen LogP contribution >= 0.6 is 24.0 Å². The fourth-order valence-corrected chi connectivity index (χ4v) is 4.79. The van der Waals surface area contributed by atoms with E-state index in [0.29, 0.717) is 30.5 Å². The molecule has 2 aliphatic rings. The highest BCUT2D eigenvalue weighted by atomic mass is 127. The summed E-state index contributed by atoms with van der Waals surface area (Å²) in [7, 11) is 3.34. The number of aliphatic imine (C=N–C) groups is 1. The fourth-order valence-electron chi connectivity index (χ4n) is 4.79. The van der Waals surface area contributed by atoms with Crippen molar-refractivity contribution in [1.82, 2.24) is 20.0 Å². The summed E-state index contributed by atoms with van der Waals surface area (Å²) in [5.74, 6) is 2.00. The number of likely N-dealkylation sites (tertiary alicyclic amines) is 1. The van der Waals surface area contributed by atoms with Gasteiger partial charge in [0.2, 0.25) is 5.91 Å². The molecule has 3 rings (SSSR count). The van der Waals surface area contributed by atoms with Crippen molar-refractivity contribution in [3.05, 3.63) is 35.1 Å². The van der Waals surface area contributed by atoms with Gasteiger partial charge in [-0.1, -0.05) is 19.9 Å². The smallest absolute Gasteiger partial charge is 0.236 e. The molecule has 1 aromatic carbocycles. The van der Waals surface area contributed by atoms with Gasteiger partial charge in [0, 0.05) is 65.5 Å². The lowest BCUT2D eigenvalue weighted by Gasteiger charge is -2.39. The Morgan fingerprint density at radius 2 is 1.82 bits per heavy atom. The first-order chi connectivity index (χ1) is 15.4. The Hall–Kier alpha value is -1.46. The predicted octanol–water partition coefficient (Wildman–Crippen LogP) is 2.79. The van der Waals surface area contributed by atoms with Crippen LogP contribution in [0, 0.1) is 17.7 Å². The number of carbonyl (C=O) groups is 1. The van der Waals surface area contributed by atoms with Gasteiger partial charge in [-0.05, 0) is 36.0 Å². The first-order valence-electron chi connectivity index (χ1n) is 11.6. The average Bonchev–Trinajstić information content (AvgIpc) is 2.77. The topological polar surface area (TPSA) is 60.4 Å². The Labute approximate surface area is 214 Å². The molecule has 2 unspecified atom stereocenters. The molecule has 0 aromatic heterocycles. The highest BCUT2D eigenvalue weighted by Crippen LogP contribution is 2.21. The molecule has 2 fully saturated rings. The maximum Gasteiger partial charge on any atom is 0.236 e. The van der Waals surface area contributed by atoms with Crippen LogP contribution < -0.4 is 5.32 Å². The van der Waals surface area contributed by atoms with Crippen molar-refractivity contribution in [2.24, 2.45) is 16.8 Å². The minimum atomic E-state index is -0.251. The van der Waals surface area contributed by atoms with Crippen molar-refractivity contribution in [3.63, 3.8) is 0 Å². The number of hydrogen-bond donors (Lipinski definition) is 1. The quantitative estimate of drug-likeness (QED) is 0.321. The number of nitrogens with one attached hydrogen (secondary N) is 1. The van der Waals surface area contributed by atoms with Crippen LogP contribution in [0.5, 0.6) is 0 Å². The molecule has 0 radical (unpaired) electrons. The third-order valence-corrected chi connectivity index (χ3v) is 6.32. The highest BCUT2D eigenvalue weighted by molar-refractivity contribution is 14.0. The van der Waals surface area contributed by atoms with Crippen molar-refractivity contribution < 1.29 is 13.9 Å². The molecule has 33 heavy (non-hydrogen) atoms. The SMILES string of the molecule is CN=C(NCc1ccc(F)c(COC)c1)N1CCN(CC(=O)N2CC(C)CC(C)C2)CC1.I. The van der Waals surface area contributed by atoms with Crippen LogP contribution in [-0.2, 0) is 22.7 Å². The molecule has 1 N–H and O–H groups in total. The number of ether oxygens (including phenoxy) is 1. The third-order valence-electron chi connectivity index (χ3n) is 6.32. The second-order valence-electron chi connectivity index (χ2n) is 9.27. The Bertz CT molecular complexity index is 791. The lowest BCUT2D eigenvalue weighted by Crippen LogP contribution is -2.55. The van der Waals surface area contributed by atoms with E-state index >= 15 is 0 Å². The van der Waals surface area contributed by atoms with Crippen LogP contribution in [-0.4, -0.2) is 86.5 Å². The molecule has 0 aliphatic carbocycles. The van der Waals surface area contributed by atoms with E-state index in [4.69, 9.17) is 4.74 Å². The van der Waals surface area contributed by atoms with Crippen molar-refractivity contribution in [1.29, 1.82) is 0 Å². The number of hydrogen-bond acceptors (Lipinski definition) is 4. The number of methoxy groups -OCH3 is 1. The maximum absolute atomic E-state index is 13.8.